The van der Waals surface area contributed by atoms with Crippen LogP contribution in [0.15, 0.2) is 24.3 Å². The molecule has 1 rings (SSSR count). The van der Waals surface area contributed by atoms with Gasteiger partial charge in [-0.15, -0.1) is 11.6 Å². The number of unbranched alkanes of at least 4 members (excludes halogenated alkanes) is 1. The first-order valence-electron chi connectivity index (χ1n) is 5.76. The molecule has 1 aromatic rings. The molecule has 0 aliphatic rings. The zero-order valence-electron chi connectivity index (χ0n) is 10.2. The summed E-state index contributed by atoms with van der Waals surface area (Å²) in [5.74, 6) is 0.574. The van der Waals surface area contributed by atoms with Crippen molar-refractivity contribution in [1.29, 1.82) is 0 Å². The van der Waals surface area contributed by atoms with Crippen molar-refractivity contribution in [2.75, 3.05) is 11.6 Å². The van der Waals surface area contributed by atoms with Crippen LogP contribution in [0.2, 0.25) is 5.02 Å². The van der Waals surface area contributed by atoms with Crippen molar-refractivity contribution in [2.45, 2.75) is 25.8 Å². The van der Waals surface area contributed by atoms with Crippen LogP contribution in [-0.4, -0.2) is 20.1 Å². The van der Waals surface area contributed by atoms with E-state index in [0.717, 1.165) is 5.56 Å². The Hall–Kier alpha value is -0.290. The average Bonchev–Trinajstić information content (AvgIpc) is 2.29. The van der Waals surface area contributed by atoms with E-state index in [4.69, 9.17) is 23.2 Å². The van der Waals surface area contributed by atoms with Crippen LogP contribution in [0, 0.1) is 0 Å². The van der Waals surface area contributed by atoms with Crippen LogP contribution in [0.5, 0.6) is 0 Å². The van der Waals surface area contributed by atoms with Crippen LogP contribution >= 0.6 is 23.2 Å². The van der Waals surface area contributed by atoms with Crippen LogP contribution in [0.3, 0.4) is 0 Å². The lowest BCUT2D eigenvalue weighted by atomic mass is 10.1. The Morgan fingerprint density at radius 3 is 2.56 bits per heavy atom. The van der Waals surface area contributed by atoms with Gasteiger partial charge in [-0.3, -0.25) is 0 Å². The average molecular weight is 310 g/mol. The molecule has 6 heteroatoms. The highest BCUT2D eigenvalue weighted by Crippen LogP contribution is 2.22. The van der Waals surface area contributed by atoms with Crippen molar-refractivity contribution in [3.05, 3.63) is 34.9 Å². The number of hydrogen-bond acceptors (Lipinski definition) is 2. The van der Waals surface area contributed by atoms with Gasteiger partial charge in [0.2, 0.25) is 10.0 Å². The van der Waals surface area contributed by atoms with E-state index in [0.29, 0.717) is 23.7 Å². The molecular weight excluding hydrogens is 293 g/mol. The van der Waals surface area contributed by atoms with Crippen LogP contribution in [0.1, 0.15) is 31.4 Å². The zero-order chi connectivity index (χ0) is 13.6. The number of alkyl halides is 1. The van der Waals surface area contributed by atoms with Crippen molar-refractivity contribution in [3.63, 3.8) is 0 Å². The third kappa shape index (κ3) is 5.14. The van der Waals surface area contributed by atoms with E-state index in [1.54, 1.807) is 13.0 Å². The van der Waals surface area contributed by atoms with Gasteiger partial charge in [0.05, 0.1) is 5.75 Å². The van der Waals surface area contributed by atoms with Gasteiger partial charge in [-0.05, 0) is 31.4 Å². The smallest absolute Gasteiger partial charge is 0.212 e. The summed E-state index contributed by atoms with van der Waals surface area (Å²) in [4.78, 5) is 0. The van der Waals surface area contributed by atoms with Gasteiger partial charge in [0.25, 0.3) is 0 Å². The van der Waals surface area contributed by atoms with Gasteiger partial charge in [-0.2, -0.15) is 0 Å². The summed E-state index contributed by atoms with van der Waals surface area (Å²) in [6, 6.07) is 6.87. The number of halogens is 2. The highest BCUT2D eigenvalue weighted by atomic mass is 35.5. The molecule has 0 aliphatic carbocycles. The molecule has 1 N–H and O–H groups in total. The molecule has 0 saturated carbocycles. The predicted molar refractivity (Wildman–Crippen MR) is 76.7 cm³/mol. The molecule has 0 fully saturated rings. The summed E-state index contributed by atoms with van der Waals surface area (Å²) in [5.41, 5.74) is 0.778. The predicted octanol–water partition coefficient (Wildman–Crippen LogP) is 3.34. The van der Waals surface area contributed by atoms with Crippen LogP contribution < -0.4 is 4.72 Å². The maximum Gasteiger partial charge on any atom is 0.212 e. The number of benzene rings is 1. The van der Waals surface area contributed by atoms with Gasteiger partial charge >= 0.3 is 0 Å². The molecule has 0 aliphatic heterocycles. The molecule has 1 aromatic carbocycles. The molecular formula is C12H17Cl2NO2S. The molecule has 0 aromatic heterocycles. The largest absolute Gasteiger partial charge is 0.212 e. The molecule has 0 bridgehead atoms. The number of sulfonamides is 1. The summed E-state index contributed by atoms with van der Waals surface area (Å²) >= 11 is 11.5. The van der Waals surface area contributed by atoms with Crippen molar-refractivity contribution < 1.29 is 8.42 Å². The lowest BCUT2D eigenvalue weighted by molar-refractivity contribution is 0.564. The van der Waals surface area contributed by atoms with Gasteiger partial charge in [0, 0.05) is 16.9 Å². The Labute approximate surface area is 119 Å². The van der Waals surface area contributed by atoms with E-state index in [-0.39, 0.29) is 11.8 Å². The number of rotatable bonds is 7. The van der Waals surface area contributed by atoms with Gasteiger partial charge in [-0.25, -0.2) is 13.1 Å². The van der Waals surface area contributed by atoms with Crippen molar-refractivity contribution >= 4 is 33.2 Å². The highest BCUT2D eigenvalue weighted by molar-refractivity contribution is 7.89. The molecule has 0 radical (unpaired) electrons. The summed E-state index contributed by atoms with van der Waals surface area (Å²) in [7, 11) is -3.29. The Morgan fingerprint density at radius 1 is 1.28 bits per heavy atom. The zero-order valence-corrected chi connectivity index (χ0v) is 12.5. The molecule has 18 heavy (non-hydrogen) atoms. The third-order valence-electron chi connectivity index (χ3n) is 2.52. The van der Waals surface area contributed by atoms with Gasteiger partial charge in [-0.1, -0.05) is 29.8 Å². The lowest BCUT2D eigenvalue weighted by Crippen LogP contribution is -2.29. The van der Waals surface area contributed by atoms with Crippen molar-refractivity contribution in [1.82, 2.24) is 4.72 Å². The summed E-state index contributed by atoms with van der Waals surface area (Å²) < 4.78 is 26.2. The van der Waals surface area contributed by atoms with E-state index >= 15 is 0 Å². The first-order chi connectivity index (χ1) is 8.46. The highest BCUT2D eigenvalue weighted by Gasteiger charge is 2.16. The fourth-order valence-electron chi connectivity index (χ4n) is 1.60. The fourth-order valence-corrected chi connectivity index (χ4v) is 3.46. The Morgan fingerprint density at radius 2 is 1.94 bits per heavy atom. The van der Waals surface area contributed by atoms with Crippen molar-refractivity contribution in [3.8, 4) is 0 Å². The number of nitrogens with one attached hydrogen (secondary N) is 1. The maximum absolute atomic E-state index is 11.8. The molecule has 102 valence electrons. The van der Waals surface area contributed by atoms with Crippen LogP contribution in [0.25, 0.3) is 0 Å². The fraction of sp³-hybridized carbons (Fsp3) is 0.500. The second-order valence-electron chi connectivity index (χ2n) is 4.08. The second-order valence-corrected chi connectivity index (χ2v) is 6.73. The van der Waals surface area contributed by atoms with E-state index in [2.05, 4.69) is 4.72 Å². The second kappa shape index (κ2) is 7.34. The topological polar surface area (TPSA) is 46.2 Å². The van der Waals surface area contributed by atoms with E-state index < -0.39 is 10.0 Å². The molecule has 1 unspecified atom stereocenters. The molecule has 3 nitrogen and oxygen atoms in total. The van der Waals surface area contributed by atoms with Gasteiger partial charge in [0.1, 0.15) is 0 Å². The summed E-state index contributed by atoms with van der Waals surface area (Å²) in [6.45, 7) is 1.78. The molecule has 1 atom stereocenters. The third-order valence-corrected chi connectivity index (χ3v) is 4.68. The minimum absolute atomic E-state index is 0.0918. The Bertz CT molecular complexity index is 477. The normalized spacial score (nSPS) is 13.5. The molecule has 0 spiro atoms. The van der Waals surface area contributed by atoms with Crippen LogP contribution in [0.4, 0.5) is 0 Å². The van der Waals surface area contributed by atoms with E-state index in [9.17, 15) is 8.42 Å². The first kappa shape index (κ1) is 15.8. The lowest BCUT2D eigenvalue weighted by Gasteiger charge is -2.15. The Kier molecular flexibility index (Phi) is 6.43. The van der Waals surface area contributed by atoms with E-state index in [1.807, 2.05) is 18.2 Å². The van der Waals surface area contributed by atoms with Gasteiger partial charge < -0.3 is 0 Å². The molecule has 0 amide bonds. The summed E-state index contributed by atoms with van der Waals surface area (Å²) in [6.07, 6.45) is 1.26. The minimum Gasteiger partial charge on any atom is -0.212 e. The molecule has 0 heterocycles. The standard InChI is InChI=1S/C12H17Cl2NO2S/c1-10(11-6-2-3-7-12(11)14)15-18(16,17)9-5-4-8-13/h2-3,6-7,10,15H,4-5,8-9H2,1H3. The quantitative estimate of drug-likeness (QED) is 0.620. The minimum atomic E-state index is -3.29. The maximum atomic E-state index is 11.8. The van der Waals surface area contributed by atoms with Crippen molar-refractivity contribution in [2.24, 2.45) is 0 Å². The van der Waals surface area contributed by atoms with E-state index in [1.165, 1.54) is 0 Å². The van der Waals surface area contributed by atoms with Crippen LogP contribution in [-0.2, 0) is 10.0 Å². The Balaban J connectivity index is 2.64. The van der Waals surface area contributed by atoms with Gasteiger partial charge in [0.15, 0.2) is 0 Å². The monoisotopic (exact) mass is 309 g/mol. The molecule has 0 saturated heterocycles. The summed E-state index contributed by atoms with van der Waals surface area (Å²) in [5, 5.41) is 0.563. The first-order valence-corrected chi connectivity index (χ1v) is 8.33. The SMILES string of the molecule is CC(NS(=O)(=O)CCCCCl)c1ccccc1Cl. The number of hydrogen-bond donors (Lipinski definition) is 1.